The zero-order valence-corrected chi connectivity index (χ0v) is 16.1. The summed E-state index contributed by atoms with van der Waals surface area (Å²) in [5.74, 6) is -0.501. The predicted octanol–water partition coefficient (Wildman–Crippen LogP) is 4.15. The molecule has 0 spiro atoms. The van der Waals surface area contributed by atoms with Crippen molar-refractivity contribution in [3.8, 4) is 0 Å². The molecule has 28 heavy (non-hydrogen) atoms. The Bertz CT molecular complexity index is 965. The third-order valence-electron chi connectivity index (χ3n) is 5.12. The molecule has 1 aliphatic rings. The summed E-state index contributed by atoms with van der Waals surface area (Å²) in [7, 11) is 0. The summed E-state index contributed by atoms with van der Waals surface area (Å²) in [5.41, 5.74) is 1.42. The van der Waals surface area contributed by atoms with Crippen LogP contribution in [0.5, 0.6) is 0 Å². The maximum atomic E-state index is 13.8. The monoisotopic (exact) mass is 401 g/mol. The summed E-state index contributed by atoms with van der Waals surface area (Å²) in [4.78, 5) is 19.0. The highest BCUT2D eigenvalue weighted by molar-refractivity contribution is 7.22. The summed E-state index contributed by atoms with van der Waals surface area (Å²) in [6, 6.07) is 11.3. The zero-order valence-electron chi connectivity index (χ0n) is 15.3. The molecule has 4 rings (SSSR count). The van der Waals surface area contributed by atoms with E-state index in [0.29, 0.717) is 18.5 Å². The van der Waals surface area contributed by atoms with Crippen molar-refractivity contribution in [2.75, 3.05) is 24.5 Å². The maximum absolute atomic E-state index is 13.8. The van der Waals surface area contributed by atoms with E-state index in [-0.39, 0.29) is 23.5 Å². The van der Waals surface area contributed by atoms with Crippen LogP contribution in [0.4, 0.5) is 13.9 Å². The number of carbonyl (C=O) groups is 1. The third-order valence-corrected chi connectivity index (χ3v) is 6.20. The lowest BCUT2D eigenvalue weighted by Crippen LogP contribution is -2.41. The Kier molecular flexibility index (Phi) is 5.52. The van der Waals surface area contributed by atoms with Crippen molar-refractivity contribution < 1.29 is 13.6 Å². The third kappa shape index (κ3) is 4.14. The van der Waals surface area contributed by atoms with E-state index < -0.39 is 0 Å². The van der Waals surface area contributed by atoms with Gasteiger partial charge in [0.25, 0.3) is 0 Å². The van der Waals surface area contributed by atoms with E-state index in [4.69, 9.17) is 0 Å². The fourth-order valence-electron chi connectivity index (χ4n) is 3.50. The van der Waals surface area contributed by atoms with Gasteiger partial charge >= 0.3 is 0 Å². The lowest BCUT2D eigenvalue weighted by atomic mass is 9.96. The van der Waals surface area contributed by atoms with Crippen molar-refractivity contribution in [3.05, 3.63) is 59.7 Å². The van der Waals surface area contributed by atoms with Gasteiger partial charge in [-0.3, -0.25) is 4.79 Å². The normalized spacial score (nSPS) is 15.1. The smallest absolute Gasteiger partial charge is 0.223 e. The zero-order chi connectivity index (χ0) is 19.5. The molecule has 1 aliphatic heterocycles. The molecule has 0 aliphatic carbocycles. The van der Waals surface area contributed by atoms with Crippen LogP contribution < -0.4 is 10.2 Å². The number of thiazole rings is 1. The van der Waals surface area contributed by atoms with Crippen molar-refractivity contribution in [1.82, 2.24) is 10.3 Å². The molecule has 2 aromatic carbocycles. The number of piperidine rings is 1. The Balaban J connectivity index is 1.27. The van der Waals surface area contributed by atoms with Crippen LogP contribution in [-0.4, -0.2) is 30.5 Å². The van der Waals surface area contributed by atoms with Crippen molar-refractivity contribution >= 4 is 32.6 Å². The molecule has 0 saturated carbocycles. The molecule has 1 amide bonds. The van der Waals surface area contributed by atoms with Crippen molar-refractivity contribution in [3.63, 3.8) is 0 Å². The first-order chi connectivity index (χ1) is 13.6. The number of nitrogens with zero attached hydrogens (tertiary/aromatic N) is 2. The van der Waals surface area contributed by atoms with Crippen LogP contribution in [0.3, 0.4) is 0 Å². The Morgan fingerprint density at radius 3 is 2.61 bits per heavy atom. The first-order valence-corrected chi connectivity index (χ1v) is 10.2. The number of anilines is 1. The molecule has 1 fully saturated rings. The van der Waals surface area contributed by atoms with E-state index in [0.717, 1.165) is 41.3 Å². The average Bonchev–Trinajstić information content (AvgIpc) is 3.15. The summed E-state index contributed by atoms with van der Waals surface area (Å²) in [5, 5.41) is 3.80. The molecule has 0 atom stereocenters. The van der Waals surface area contributed by atoms with E-state index in [1.54, 1.807) is 18.2 Å². The quantitative estimate of drug-likeness (QED) is 0.699. The van der Waals surface area contributed by atoms with Gasteiger partial charge in [-0.05, 0) is 49.1 Å². The molecular formula is C21H21F2N3OS. The Morgan fingerprint density at radius 1 is 1.14 bits per heavy atom. The molecular weight excluding hydrogens is 380 g/mol. The molecule has 2 heterocycles. The standard InChI is InChI=1S/C21H21F2N3OS/c22-16-6-4-14(5-7-16)8-11-24-20(27)15-9-12-26(13-10-15)21-25-19-17(23)2-1-3-18(19)28-21/h1-7,15H,8-13H2,(H,24,27). The van der Waals surface area contributed by atoms with Crippen LogP contribution in [0.2, 0.25) is 0 Å². The van der Waals surface area contributed by atoms with Crippen LogP contribution >= 0.6 is 11.3 Å². The number of rotatable bonds is 5. The van der Waals surface area contributed by atoms with Crippen LogP contribution in [0, 0.1) is 17.6 Å². The lowest BCUT2D eigenvalue weighted by Gasteiger charge is -2.31. The highest BCUT2D eigenvalue weighted by atomic mass is 32.1. The average molecular weight is 401 g/mol. The molecule has 7 heteroatoms. The van der Waals surface area contributed by atoms with Gasteiger partial charge in [0.15, 0.2) is 5.13 Å². The Hall–Kier alpha value is -2.54. The number of para-hydroxylation sites is 1. The molecule has 146 valence electrons. The van der Waals surface area contributed by atoms with Crippen molar-refractivity contribution in [2.45, 2.75) is 19.3 Å². The second kappa shape index (κ2) is 8.22. The van der Waals surface area contributed by atoms with Gasteiger partial charge in [0.2, 0.25) is 5.91 Å². The van der Waals surface area contributed by atoms with Gasteiger partial charge in [-0.25, -0.2) is 13.8 Å². The molecule has 0 radical (unpaired) electrons. The van der Waals surface area contributed by atoms with Gasteiger partial charge in [0.1, 0.15) is 17.2 Å². The van der Waals surface area contributed by atoms with Gasteiger partial charge in [0.05, 0.1) is 4.70 Å². The topological polar surface area (TPSA) is 45.2 Å². The lowest BCUT2D eigenvalue weighted by molar-refractivity contribution is -0.125. The van der Waals surface area contributed by atoms with E-state index in [1.165, 1.54) is 29.5 Å². The van der Waals surface area contributed by atoms with Crippen LogP contribution in [-0.2, 0) is 11.2 Å². The van der Waals surface area contributed by atoms with E-state index in [9.17, 15) is 13.6 Å². The van der Waals surface area contributed by atoms with Gasteiger partial charge < -0.3 is 10.2 Å². The minimum Gasteiger partial charge on any atom is -0.356 e. The number of benzene rings is 2. The molecule has 0 unspecified atom stereocenters. The summed E-state index contributed by atoms with van der Waals surface area (Å²) < 4.78 is 27.6. The van der Waals surface area contributed by atoms with Crippen LogP contribution in [0.1, 0.15) is 18.4 Å². The number of halogens is 2. The molecule has 4 nitrogen and oxygen atoms in total. The highest BCUT2D eigenvalue weighted by Crippen LogP contribution is 2.32. The second-order valence-electron chi connectivity index (χ2n) is 7.01. The number of hydrogen-bond donors (Lipinski definition) is 1. The minimum atomic E-state index is -0.296. The Labute approximate surface area is 166 Å². The van der Waals surface area contributed by atoms with Crippen molar-refractivity contribution in [1.29, 1.82) is 0 Å². The summed E-state index contributed by atoms with van der Waals surface area (Å²) in [6.07, 6.45) is 2.18. The van der Waals surface area contributed by atoms with Crippen LogP contribution in [0.15, 0.2) is 42.5 Å². The number of fused-ring (bicyclic) bond motifs is 1. The summed E-state index contributed by atoms with van der Waals surface area (Å²) in [6.45, 7) is 2.01. The van der Waals surface area contributed by atoms with E-state index in [1.807, 2.05) is 6.07 Å². The first-order valence-electron chi connectivity index (χ1n) is 9.42. The minimum absolute atomic E-state index is 0.0180. The predicted molar refractivity (Wildman–Crippen MR) is 108 cm³/mol. The Morgan fingerprint density at radius 2 is 1.89 bits per heavy atom. The second-order valence-corrected chi connectivity index (χ2v) is 8.02. The fraction of sp³-hybridized carbons (Fsp3) is 0.333. The SMILES string of the molecule is O=C(NCCc1ccc(F)cc1)C1CCN(c2nc3c(F)cccc3s2)CC1. The van der Waals surface area contributed by atoms with Crippen molar-refractivity contribution in [2.24, 2.45) is 5.92 Å². The number of amides is 1. The molecule has 1 aromatic heterocycles. The van der Waals surface area contributed by atoms with Gasteiger partial charge in [-0.1, -0.05) is 29.5 Å². The van der Waals surface area contributed by atoms with E-state index in [2.05, 4.69) is 15.2 Å². The van der Waals surface area contributed by atoms with E-state index >= 15 is 0 Å². The van der Waals surface area contributed by atoms with Gasteiger partial charge in [0, 0.05) is 25.6 Å². The van der Waals surface area contributed by atoms with Crippen LogP contribution in [0.25, 0.3) is 10.2 Å². The summed E-state index contributed by atoms with van der Waals surface area (Å²) >= 11 is 1.49. The molecule has 3 aromatic rings. The number of hydrogen-bond acceptors (Lipinski definition) is 4. The van der Waals surface area contributed by atoms with Gasteiger partial charge in [-0.2, -0.15) is 0 Å². The van der Waals surface area contributed by atoms with Gasteiger partial charge in [-0.15, -0.1) is 0 Å². The fourth-order valence-corrected chi connectivity index (χ4v) is 4.53. The number of carbonyl (C=O) groups excluding carboxylic acids is 1. The first kappa shape index (κ1) is 18.8. The largest absolute Gasteiger partial charge is 0.356 e. The molecule has 1 saturated heterocycles. The highest BCUT2D eigenvalue weighted by Gasteiger charge is 2.26. The molecule has 0 bridgehead atoms. The number of aromatic nitrogens is 1. The molecule has 1 N–H and O–H groups in total. The number of nitrogens with one attached hydrogen (secondary N) is 1. The maximum Gasteiger partial charge on any atom is 0.223 e.